The molecule has 0 aliphatic carbocycles. The first-order valence-corrected chi connectivity index (χ1v) is 6.84. The molecule has 0 bridgehead atoms. The predicted molar refractivity (Wildman–Crippen MR) is 74.8 cm³/mol. The minimum absolute atomic E-state index is 0.0960. The molecule has 0 radical (unpaired) electrons. The normalized spacial score (nSPS) is 18.7. The zero-order valence-electron chi connectivity index (χ0n) is 11.7. The number of amides is 2. The van der Waals surface area contributed by atoms with Gasteiger partial charge in [-0.2, -0.15) is 0 Å². The molecule has 5 heteroatoms. The molecular formula is C15H19FN2O2. The number of benzene rings is 1. The Hall–Kier alpha value is -1.91. The standard InChI is InChI=1S/C15H19FN2O2/c1-10(2)9-17-15(20)13-7-8-14(19)18(13)12-5-3-11(16)4-6-12/h3-6,10,13H,7-9H2,1-2H3,(H,17,20). The molecule has 1 saturated heterocycles. The summed E-state index contributed by atoms with van der Waals surface area (Å²) in [5.41, 5.74) is 0.568. The third-order valence-corrected chi connectivity index (χ3v) is 3.30. The molecule has 1 aromatic carbocycles. The number of nitrogens with zero attached hydrogens (tertiary/aromatic N) is 1. The summed E-state index contributed by atoms with van der Waals surface area (Å²) < 4.78 is 13.0. The van der Waals surface area contributed by atoms with Crippen LogP contribution in [0.25, 0.3) is 0 Å². The molecule has 4 nitrogen and oxygen atoms in total. The van der Waals surface area contributed by atoms with Crippen LogP contribution in [-0.4, -0.2) is 24.4 Å². The predicted octanol–water partition coefficient (Wildman–Crippen LogP) is 2.09. The Balaban J connectivity index is 2.14. The highest BCUT2D eigenvalue weighted by atomic mass is 19.1. The van der Waals surface area contributed by atoms with Gasteiger partial charge in [0.1, 0.15) is 11.9 Å². The number of rotatable bonds is 4. The van der Waals surface area contributed by atoms with Gasteiger partial charge >= 0.3 is 0 Å². The molecule has 1 fully saturated rings. The molecule has 1 aliphatic rings. The van der Waals surface area contributed by atoms with E-state index in [2.05, 4.69) is 5.32 Å². The molecule has 0 saturated carbocycles. The van der Waals surface area contributed by atoms with Crippen molar-refractivity contribution in [2.75, 3.05) is 11.4 Å². The van der Waals surface area contributed by atoms with E-state index in [1.807, 2.05) is 13.8 Å². The van der Waals surface area contributed by atoms with Gasteiger partial charge in [-0.3, -0.25) is 14.5 Å². The molecule has 108 valence electrons. The lowest BCUT2D eigenvalue weighted by molar-refractivity contribution is -0.124. The molecule has 0 spiro atoms. The second kappa shape index (κ2) is 6.03. The van der Waals surface area contributed by atoms with Crippen LogP contribution in [0.5, 0.6) is 0 Å². The Morgan fingerprint density at radius 1 is 1.40 bits per heavy atom. The van der Waals surface area contributed by atoms with E-state index in [-0.39, 0.29) is 17.6 Å². The summed E-state index contributed by atoms with van der Waals surface area (Å²) in [4.78, 5) is 25.6. The largest absolute Gasteiger partial charge is 0.354 e. The van der Waals surface area contributed by atoms with Crippen LogP contribution in [0.2, 0.25) is 0 Å². The van der Waals surface area contributed by atoms with Gasteiger partial charge < -0.3 is 5.32 Å². The fourth-order valence-electron chi connectivity index (χ4n) is 2.28. The summed E-state index contributed by atoms with van der Waals surface area (Å²) in [6.45, 7) is 4.61. The highest BCUT2D eigenvalue weighted by molar-refractivity contribution is 6.03. The van der Waals surface area contributed by atoms with Crippen LogP contribution in [0.3, 0.4) is 0 Å². The fourth-order valence-corrected chi connectivity index (χ4v) is 2.28. The number of carbonyl (C=O) groups is 2. The van der Waals surface area contributed by atoms with E-state index in [4.69, 9.17) is 0 Å². The van der Waals surface area contributed by atoms with Crippen LogP contribution < -0.4 is 10.2 Å². The topological polar surface area (TPSA) is 49.4 Å². The molecule has 1 heterocycles. The molecule has 20 heavy (non-hydrogen) atoms. The Bertz CT molecular complexity index is 499. The fraction of sp³-hybridized carbons (Fsp3) is 0.467. The number of hydrogen-bond acceptors (Lipinski definition) is 2. The Labute approximate surface area is 118 Å². The van der Waals surface area contributed by atoms with Gasteiger partial charge in [-0.25, -0.2) is 4.39 Å². The highest BCUT2D eigenvalue weighted by Gasteiger charge is 2.36. The van der Waals surface area contributed by atoms with Crippen molar-refractivity contribution in [3.8, 4) is 0 Å². The summed E-state index contributed by atoms with van der Waals surface area (Å²) in [7, 11) is 0. The van der Waals surface area contributed by atoms with Crippen LogP contribution >= 0.6 is 0 Å². The van der Waals surface area contributed by atoms with Gasteiger partial charge in [-0.1, -0.05) is 13.8 Å². The molecule has 1 atom stereocenters. The maximum atomic E-state index is 13.0. The van der Waals surface area contributed by atoms with Crippen molar-refractivity contribution in [2.24, 2.45) is 5.92 Å². The summed E-state index contributed by atoms with van der Waals surface area (Å²) in [5.74, 6) is -0.244. The number of hydrogen-bond donors (Lipinski definition) is 1. The summed E-state index contributed by atoms with van der Waals surface area (Å²) in [5, 5.41) is 2.85. The van der Waals surface area contributed by atoms with Gasteiger partial charge in [0.15, 0.2) is 0 Å². The Morgan fingerprint density at radius 2 is 2.05 bits per heavy atom. The number of anilines is 1. The van der Waals surface area contributed by atoms with Crippen molar-refractivity contribution in [2.45, 2.75) is 32.7 Å². The minimum Gasteiger partial charge on any atom is -0.354 e. The highest BCUT2D eigenvalue weighted by Crippen LogP contribution is 2.26. The lowest BCUT2D eigenvalue weighted by atomic mass is 10.1. The third kappa shape index (κ3) is 3.15. The monoisotopic (exact) mass is 278 g/mol. The van der Waals surface area contributed by atoms with Gasteiger partial charge in [-0.05, 0) is 36.6 Å². The second-order valence-corrected chi connectivity index (χ2v) is 5.43. The summed E-state index contributed by atoms with van der Waals surface area (Å²) in [6.07, 6.45) is 0.845. The molecule has 1 aromatic rings. The van der Waals surface area contributed by atoms with Gasteiger partial charge in [-0.15, -0.1) is 0 Å². The SMILES string of the molecule is CC(C)CNC(=O)C1CCC(=O)N1c1ccc(F)cc1. The van der Waals surface area contributed by atoms with Crippen molar-refractivity contribution in [3.63, 3.8) is 0 Å². The van der Waals surface area contributed by atoms with Gasteiger partial charge in [0.05, 0.1) is 0 Å². The van der Waals surface area contributed by atoms with E-state index in [9.17, 15) is 14.0 Å². The number of halogens is 1. The van der Waals surface area contributed by atoms with Crippen LogP contribution in [-0.2, 0) is 9.59 Å². The first kappa shape index (κ1) is 14.5. The van der Waals surface area contributed by atoms with Crippen LogP contribution in [0, 0.1) is 11.7 Å². The van der Waals surface area contributed by atoms with Gasteiger partial charge in [0, 0.05) is 18.7 Å². The molecular weight excluding hydrogens is 259 g/mol. The first-order chi connectivity index (χ1) is 9.49. The maximum absolute atomic E-state index is 13.0. The molecule has 2 amide bonds. The van der Waals surface area contributed by atoms with Crippen molar-refractivity contribution in [3.05, 3.63) is 30.1 Å². The van der Waals surface area contributed by atoms with Crippen LogP contribution in [0.1, 0.15) is 26.7 Å². The van der Waals surface area contributed by atoms with Crippen molar-refractivity contribution in [1.82, 2.24) is 5.32 Å². The quantitative estimate of drug-likeness (QED) is 0.917. The molecule has 2 rings (SSSR count). The Kier molecular flexibility index (Phi) is 4.37. The van der Waals surface area contributed by atoms with E-state index in [1.54, 1.807) is 0 Å². The second-order valence-electron chi connectivity index (χ2n) is 5.43. The van der Waals surface area contributed by atoms with Crippen molar-refractivity contribution < 1.29 is 14.0 Å². The van der Waals surface area contributed by atoms with Gasteiger partial charge in [0.25, 0.3) is 0 Å². The first-order valence-electron chi connectivity index (χ1n) is 6.84. The molecule has 1 N–H and O–H groups in total. The van der Waals surface area contributed by atoms with E-state index in [1.165, 1.54) is 29.2 Å². The number of carbonyl (C=O) groups excluding carboxylic acids is 2. The van der Waals surface area contributed by atoms with Crippen molar-refractivity contribution in [1.29, 1.82) is 0 Å². The van der Waals surface area contributed by atoms with Crippen molar-refractivity contribution >= 4 is 17.5 Å². The summed E-state index contributed by atoms with van der Waals surface area (Å²) >= 11 is 0. The molecule has 0 aromatic heterocycles. The van der Waals surface area contributed by atoms with Crippen LogP contribution in [0.4, 0.5) is 10.1 Å². The average molecular weight is 278 g/mol. The Morgan fingerprint density at radius 3 is 2.65 bits per heavy atom. The van der Waals surface area contributed by atoms with E-state index < -0.39 is 6.04 Å². The molecule has 1 aliphatic heterocycles. The molecule has 1 unspecified atom stereocenters. The summed E-state index contributed by atoms with van der Waals surface area (Å²) in [6, 6.07) is 5.16. The van der Waals surface area contributed by atoms with E-state index in [0.29, 0.717) is 31.0 Å². The van der Waals surface area contributed by atoms with E-state index in [0.717, 1.165) is 0 Å². The van der Waals surface area contributed by atoms with E-state index >= 15 is 0 Å². The smallest absolute Gasteiger partial charge is 0.243 e. The maximum Gasteiger partial charge on any atom is 0.243 e. The lowest BCUT2D eigenvalue weighted by Crippen LogP contribution is -2.45. The minimum atomic E-state index is -0.494. The van der Waals surface area contributed by atoms with Gasteiger partial charge in [0.2, 0.25) is 11.8 Å². The third-order valence-electron chi connectivity index (χ3n) is 3.30. The lowest BCUT2D eigenvalue weighted by Gasteiger charge is -2.24. The van der Waals surface area contributed by atoms with Crippen LogP contribution in [0.15, 0.2) is 24.3 Å². The average Bonchev–Trinajstić information content (AvgIpc) is 2.79. The zero-order chi connectivity index (χ0) is 14.7. The zero-order valence-corrected chi connectivity index (χ0v) is 11.7. The number of nitrogens with one attached hydrogen (secondary N) is 1.